The van der Waals surface area contributed by atoms with E-state index in [1.54, 1.807) is 0 Å². The van der Waals surface area contributed by atoms with Crippen LogP contribution >= 0.6 is 0 Å². The molecule has 0 aliphatic carbocycles. The Hall–Kier alpha value is -1.81. The third-order valence-electron chi connectivity index (χ3n) is 2.80. The highest BCUT2D eigenvalue weighted by molar-refractivity contribution is 7.92. The fraction of sp³-hybridized carbons (Fsp3) is 0.462. The maximum absolute atomic E-state index is 12.5. The van der Waals surface area contributed by atoms with Crippen molar-refractivity contribution in [3.8, 4) is 0 Å². The third kappa shape index (κ3) is 6.06. The number of halogens is 3. The van der Waals surface area contributed by atoms with Gasteiger partial charge in [0.25, 0.3) is 0 Å². The summed E-state index contributed by atoms with van der Waals surface area (Å²) in [5, 5.41) is 2.44. The minimum absolute atomic E-state index is 0.0256. The van der Waals surface area contributed by atoms with Gasteiger partial charge in [-0.05, 0) is 24.3 Å². The van der Waals surface area contributed by atoms with E-state index >= 15 is 0 Å². The molecule has 0 saturated carbocycles. The summed E-state index contributed by atoms with van der Waals surface area (Å²) in [6, 6.07) is 3.53. The molecule has 0 unspecified atom stereocenters. The lowest BCUT2D eigenvalue weighted by molar-refractivity contribution is -0.137. The normalized spacial score (nSPS) is 12.0. The predicted octanol–water partition coefficient (Wildman–Crippen LogP) is 1.23. The van der Waals surface area contributed by atoms with Crippen molar-refractivity contribution in [3.05, 3.63) is 29.8 Å². The van der Waals surface area contributed by atoms with Crippen LogP contribution in [0.5, 0.6) is 0 Å². The fourth-order valence-electron chi connectivity index (χ4n) is 1.70. The zero-order valence-corrected chi connectivity index (χ0v) is 13.4. The molecule has 0 radical (unpaired) electrons. The number of rotatable bonds is 7. The van der Waals surface area contributed by atoms with Gasteiger partial charge < -0.3 is 10.1 Å². The van der Waals surface area contributed by atoms with Crippen LogP contribution in [-0.4, -0.2) is 47.4 Å². The van der Waals surface area contributed by atoms with Crippen LogP contribution in [0.1, 0.15) is 5.56 Å². The van der Waals surface area contributed by atoms with E-state index in [2.05, 4.69) is 5.32 Å². The Kier molecular flexibility index (Phi) is 6.39. The molecule has 0 heterocycles. The number of hydrogen-bond acceptors (Lipinski definition) is 4. The predicted molar refractivity (Wildman–Crippen MR) is 78.5 cm³/mol. The van der Waals surface area contributed by atoms with Crippen molar-refractivity contribution < 1.29 is 31.1 Å². The van der Waals surface area contributed by atoms with Crippen molar-refractivity contribution in [2.24, 2.45) is 0 Å². The molecular formula is C13H17F3N2O4S. The van der Waals surface area contributed by atoms with Crippen molar-refractivity contribution in [2.75, 3.05) is 37.4 Å². The van der Waals surface area contributed by atoms with E-state index in [0.29, 0.717) is 0 Å². The number of anilines is 1. The fourth-order valence-corrected chi connectivity index (χ4v) is 2.55. The standard InChI is InChI=1S/C13H17F3N2O4S/c1-22-8-7-17-12(19)9-18(23(2,20)21)11-5-3-10(4-6-11)13(14,15)16/h3-6H,7-9H2,1-2H3,(H,17,19). The molecule has 1 aromatic rings. The Bertz CT molecular complexity index is 630. The van der Waals surface area contributed by atoms with E-state index in [1.807, 2.05) is 0 Å². The Morgan fingerprint density at radius 1 is 1.26 bits per heavy atom. The number of nitrogens with zero attached hydrogens (tertiary/aromatic N) is 1. The number of carbonyl (C=O) groups is 1. The highest BCUT2D eigenvalue weighted by Gasteiger charge is 2.30. The largest absolute Gasteiger partial charge is 0.416 e. The molecular weight excluding hydrogens is 337 g/mol. The molecule has 1 N–H and O–H groups in total. The molecule has 0 fully saturated rings. The number of benzene rings is 1. The summed E-state index contributed by atoms with van der Waals surface area (Å²) >= 11 is 0. The van der Waals surface area contributed by atoms with Crippen molar-refractivity contribution in [3.63, 3.8) is 0 Å². The lowest BCUT2D eigenvalue weighted by Gasteiger charge is -2.22. The van der Waals surface area contributed by atoms with E-state index < -0.39 is 34.2 Å². The van der Waals surface area contributed by atoms with Crippen LogP contribution in [0, 0.1) is 0 Å². The van der Waals surface area contributed by atoms with Crippen LogP contribution in [0.2, 0.25) is 0 Å². The minimum Gasteiger partial charge on any atom is -0.383 e. The minimum atomic E-state index is -4.52. The molecule has 0 aromatic heterocycles. The first-order valence-electron chi connectivity index (χ1n) is 6.46. The lowest BCUT2D eigenvalue weighted by atomic mass is 10.2. The van der Waals surface area contributed by atoms with E-state index in [1.165, 1.54) is 7.11 Å². The Morgan fingerprint density at radius 2 is 1.83 bits per heavy atom. The average Bonchev–Trinajstić information content (AvgIpc) is 2.43. The highest BCUT2D eigenvalue weighted by atomic mass is 32.2. The average molecular weight is 354 g/mol. The maximum Gasteiger partial charge on any atom is 0.416 e. The summed E-state index contributed by atoms with van der Waals surface area (Å²) in [6.07, 6.45) is -3.65. The van der Waals surface area contributed by atoms with Crippen LogP contribution in [0.25, 0.3) is 0 Å². The lowest BCUT2D eigenvalue weighted by Crippen LogP contribution is -2.41. The number of ether oxygens (including phenoxy) is 1. The number of sulfonamides is 1. The molecule has 0 aliphatic heterocycles. The van der Waals surface area contributed by atoms with E-state index in [-0.39, 0.29) is 18.8 Å². The molecule has 1 rings (SSSR count). The van der Waals surface area contributed by atoms with Crippen molar-refractivity contribution in [1.29, 1.82) is 0 Å². The summed E-state index contributed by atoms with van der Waals surface area (Å²) in [5.41, 5.74) is -0.929. The van der Waals surface area contributed by atoms with Crippen LogP contribution in [0.3, 0.4) is 0 Å². The summed E-state index contributed by atoms with van der Waals surface area (Å²) in [7, 11) is -2.39. The van der Waals surface area contributed by atoms with Crippen LogP contribution < -0.4 is 9.62 Å². The molecule has 1 aromatic carbocycles. The maximum atomic E-state index is 12.5. The highest BCUT2D eigenvalue weighted by Crippen LogP contribution is 2.30. The van der Waals surface area contributed by atoms with Gasteiger partial charge in [0.05, 0.1) is 24.1 Å². The first kappa shape index (κ1) is 19.2. The molecule has 0 atom stereocenters. The van der Waals surface area contributed by atoms with Gasteiger partial charge in [0.15, 0.2) is 0 Å². The smallest absolute Gasteiger partial charge is 0.383 e. The van der Waals surface area contributed by atoms with Crippen LogP contribution in [0.4, 0.5) is 18.9 Å². The first-order valence-corrected chi connectivity index (χ1v) is 8.31. The number of methoxy groups -OCH3 is 1. The second-order valence-corrected chi connectivity index (χ2v) is 6.56. The topological polar surface area (TPSA) is 75.7 Å². The zero-order chi connectivity index (χ0) is 17.7. The SMILES string of the molecule is COCCNC(=O)CN(c1ccc(C(F)(F)F)cc1)S(C)(=O)=O. The summed E-state index contributed by atoms with van der Waals surface area (Å²) in [4.78, 5) is 11.7. The molecule has 23 heavy (non-hydrogen) atoms. The Morgan fingerprint density at radius 3 is 2.26 bits per heavy atom. The van der Waals surface area contributed by atoms with Gasteiger partial charge >= 0.3 is 6.18 Å². The number of hydrogen-bond donors (Lipinski definition) is 1. The number of nitrogens with one attached hydrogen (secondary N) is 1. The first-order chi connectivity index (χ1) is 10.6. The summed E-state index contributed by atoms with van der Waals surface area (Å²) in [5.74, 6) is -0.590. The van der Waals surface area contributed by atoms with Gasteiger partial charge in [-0.3, -0.25) is 9.10 Å². The van der Waals surface area contributed by atoms with Gasteiger partial charge in [-0.15, -0.1) is 0 Å². The van der Waals surface area contributed by atoms with Crippen molar-refractivity contribution in [1.82, 2.24) is 5.32 Å². The monoisotopic (exact) mass is 354 g/mol. The second kappa shape index (κ2) is 7.64. The van der Waals surface area contributed by atoms with Gasteiger partial charge in [0, 0.05) is 13.7 Å². The summed E-state index contributed by atoms with van der Waals surface area (Å²) in [6.45, 7) is -0.0846. The number of amides is 1. The van der Waals surface area contributed by atoms with Crippen LogP contribution in [0.15, 0.2) is 24.3 Å². The molecule has 130 valence electrons. The van der Waals surface area contributed by atoms with E-state index in [0.717, 1.165) is 34.8 Å². The molecule has 10 heteroatoms. The Labute approximate surface area is 132 Å². The molecule has 1 amide bonds. The molecule has 0 saturated heterocycles. The van der Waals surface area contributed by atoms with Gasteiger partial charge in [-0.2, -0.15) is 13.2 Å². The Balaban J connectivity index is 2.93. The summed E-state index contributed by atoms with van der Waals surface area (Å²) < 4.78 is 66.6. The van der Waals surface area contributed by atoms with Gasteiger partial charge in [0.1, 0.15) is 6.54 Å². The second-order valence-electron chi connectivity index (χ2n) is 4.66. The van der Waals surface area contributed by atoms with Crippen LogP contribution in [-0.2, 0) is 25.7 Å². The van der Waals surface area contributed by atoms with Gasteiger partial charge in [-0.25, -0.2) is 8.42 Å². The number of carbonyl (C=O) groups excluding carboxylic acids is 1. The molecule has 6 nitrogen and oxygen atoms in total. The van der Waals surface area contributed by atoms with E-state index in [9.17, 15) is 26.4 Å². The molecule has 0 bridgehead atoms. The van der Waals surface area contributed by atoms with Gasteiger partial charge in [0.2, 0.25) is 15.9 Å². The van der Waals surface area contributed by atoms with Gasteiger partial charge in [-0.1, -0.05) is 0 Å². The number of alkyl halides is 3. The third-order valence-corrected chi connectivity index (χ3v) is 3.94. The van der Waals surface area contributed by atoms with Crippen molar-refractivity contribution >= 4 is 21.6 Å². The zero-order valence-electron chi connectivity index (χ0n) is 12.6. The molecule has 0 aliphatic rings. The van der Waals surface area contributed by atoms with Crippen molar-refractivity contribution in [2.45, 2.75) is 6.18 Å². The quantitative estimate of drug-likeness (QED) is 0.748. The van der Waals surface area contributed by atoms with E-state index in [4.69, 9.17) is 4.74 Å². The molecule has 0 spiro atoms.